The number of benzene rings is 2. The molecule has 80 valence electrons. The molecule has 2 aromatic rings. The van der Waals surface area contributed by atoms with Gasteiger partial charge in [-0.2, -0.15) is 0 Å². The molecule has 0 radical (unpaired) electrons. The number of hydrogen-bond acceptors (Lipinski definition) is 1. The molecule has 0 saturated carbocycles. The van der Waals surface area contributed by atoms with Crippen molar-refractivity contribution in [2.45, 2.75) is 0 Å². The number of aliphatic imine (C=N–C) groups is 1. The zero-order valence-corrected chi connectivity index (χ0v) is 9.91. The van der Waals surface area contributed by atoms with Crippen molar-refractivity contribution in [2.75, 3.05) is 0 Å². The Kier molecular flexibility index (Phi) is 3.60. The van der Waals surface area contributed by atoms with Crippen molar-refractivity contribution >= 4 is 35.1 Å². The number of para-hydroxylation sites is 1. The van der Waals surface area contributed by atoms with E-state index >= 15 is 0 Å². The van der Waals surface area contributed by atoms with Crippen LogP contribution in [0.25, 0.3) is 0 Å². The van der Waals surface area contributed by atoms with Crippen molar-refractivity contribution in [3.63, 3.8) is 0 Å². The first-order chi connectivity index (χ1) is 7.75. The second-order valence-electron chi connectivity index (χ2n) is 3.26. The van der Waals surface area contributed by atoms with Gasteiger partial charge in [0.25, 0.3) is 0 Å². The van der Waals surface area contributed by atoms with Gasteiger partial charge in [-0.25, -0.2) is 0 Å². The summed E-state index contributed by atoms with van der Waals surface area (Å²) in [6.07, 6.45) is 1.76. The van der Waals surface area contributed by atoms with Crippen LogP contribution in [0.1, 0.15) is 5.56 Å². The largest absolute Gasteiger partial charge is 0.255 e. The third kappa shape index (κ3) is 2.84. The summed E-state index contributed by atoms with van der Waals surface area (Å²) >= 11 is 11.8. The molecule has 0 bridgehead atoms. The van der Waals surface area contributed by atoms with Gasteiger partial charge in [0, 0.05) is 11.2 Å². The van der Waals surface area contributed by atoms with E-state index in [1.165, 1.54) is 0 Å². The molecule has 0 fully saturated rings. The first kappa shape index (κ1) is 11.2. The average Bonchev–Trinajstić information content (AvgIpc) is 2.30. The lowest BCUT2D eigenvalue weighted by molar-refractivity contribution is 1.52. The summed E-state index contributed by atoms with van der Waals surface area (Å²) in [6.45, 7) is 0. The first-order valence-corrected chi connectivity index (χ1v) is 5.55. The Balaban J connectivity index is 2.21. The highest BCUT2D eigenvalue weighted by Crippen LogP contribution is 2.23. The van der Waals surface area contributed by atoms with Crippen LogP contribution < -0.4 is 0 Å². The van der Waals surface area contributed by atoms with E-state index in [9.17, 15) is 0 Å². The molecule has 1 nitrogen and oxygen atoms in total. The molecular formula is C13H9Cl2N. The lowest BCUT2D eigenvalue weighted by atomic mass is 10.2. The molecule has 2 aromatic carbocycles. The highest BCUT2D eigenvalue weighted by atomic mass is 35.5. The lowest BCUT2D eigenvalue weighted by Crippen LogP contribution is -1.79. The van der Waals surface area contributed by atoms with Gasteiger partial charge in [-0.15, -0.1) is 0 Å². The van der Waals surface area contributed by atoms with Crippen LogP contribution in [0.5, 0.6) is 0 Å². The summed E-state index contributed by atoms with van der Waals surface area (Å²) in [5, 5.41) is 1.36. The molecule has 0 saturated heterocycles. The molecule has 16 heavy (non-hydrogen) atoms. The molecule has 0 aromatic heterocycles. The van der Waals surface area contributed by atoms with Gasteiger partial charge in [0.05, 0.1) is 10.7 Å². The van der Waals surface area contributed by atoms with Crippen LogP contribution in [0.4, 0.5) is 5.69 Å². The van der Waals surface area contributed by atoms with Crippen LogP contribution >= 0.6 is 23.2 Å². The molecular weight excluding hydrogens is 241 g/mol. The summed E-state index contributed by atoms with van der Waals surface area (Å²) in [5.41, 5.74) is 1.75. The summed E-state index contributed by atoms with van der Waals surface area (Å²) in [7, 11) is 0. The summed E-state index contributed by atoms with van der Waals surface area (Å²) in [4.78, 5) is 4.31. The molecule has 0 aliphatic carbocycles. The van der Waals surface area contributed by atoms with Gasteiger partial charge in [-0.1, -0.05) is 47.5 Å². The summed E-state index contributed by atoms with van der Waals surface area (Å²) in [6, 6.07) is 14.9. The highest BCUT2D eigenvalue weighted by molar-refractivity contribution is 6.33. The summed E-state index contributed by atoms with van der Waals surface area (Å²) < 4.78 is 0. The maximum Gasteiger partial charge on any atom is 0.0816 e. The summed E-state index contributed by atoms with van der Waals surface area (Å²) in [5.74, 6) is 0. The van der Waals surface area contributed by atoms with Crippen molar-refractivity contribution in [3.05, 3.63) is 64.1 Å². The number of halogens is 2. The van der Waals surface area contributed by atoms with E-state index in [1.807, 2.05) is 48.5 Å². The van der Waals surface area contributed by atoms with Crippen LogP contribution in [0, 0.1) is 0 Å². The van der Waals surface area contributed by atoms with Crippen LogP contribution in [-0.2, 0) is 0 Å². The van der Waals surface area contributed by atoms with Crippen LogP contribution in [-0.4, -0.2) is 6.21 Å². The third-order valence-corrected chi connectivity index (χ3v) is 2.65. The van der Waals surface area contributed by atoms with E-state index in [-0.39, 0.29) is 0 Å². The number of nitrogens with zero attached hydrogens (tertiary/aromatic N) is 1. The molecule has 0 aliphatic rings. The zero-order chi connectivity index (χ0) is 11.4. The monoisotopic (exact) mass is 249 g/mol. The van der Waals surface area contributed by atoms with Gasteiger partial charge in [0.1, 0.15) is 0 Å². The lowest BCUT2D eigenvalue weighted by Gasteiger charge is -1.96. The standard InChI is InChI=1S/C13H9Cl2N/c14-11-7-5-10(6-8-11)9-16-13-4-2-1-3-12(13)15/h1-9H. The van der Waals surface area contributed by atoms with Gasteiger partial charge in [0.2, 0.25) is 0 Å². The second-order valence-corrected chi connectivity index (χ2v) is 4.10. The average molecular weight is 250 g/mol. The normalized spacial score (nSPS) is 10.9. The fourth-order valence-corrected chi connectivity index (χ4v) is 1.56. The maximum atomic E-state index is 5.98. The molecule has 2 rings (SSSR count). The van der Waals surface area contributed by atoms with E-state index in [4.69, 9.17) is 23.2 Å². The Labute approximate surface area is 104 Å². The predicted molar refractivity (Wildman–Crippen MR) is 70.2 cm³/mol. The molecule has 0 unspecified atom stereocenters. The molecule has 3 heteroatoms. The zero-order valence-electron chi connectivity index (χ0n) is 8.40. The molecule has 0 amide bonds. The van der Waals surface area contributed by atoms with E-state index < -0.39 is 0 Å². The number of rotatable bonds is 2. The predicted octanol–water partition coefficient (Wildman–Crippen LogP) is 4.74. The van der Waals surface area contributed by atoms with Crippen molar-refractivity contribution in [3.8, 4) is 0 Å². The minimum Gasteiger partial charge on any atom is -0.255 e. The second kappa shape index (κ2) is 5.15. The maximum absolute atomic E-state index is 5.98. The molecule has 0 N–H and O–H groups in total. The van der Waals surface area contributed by atoms with Gasteiger partial charge in [0.15, 0.2) is 0 Å². The van der Waals surface area contributed by atoms with E-state index in [1.54, 1.807) is 6.21 Å². The first-order valence-electron chi connectivity index (χ1n) is 4.80. The molecule has 0 heterocycles. The van der Waals surface area contributed by atoms with Gasteiger partial charge in [-0.3, -0.25) is 4.99 Å². The van der Waals surface area contributed by atoms with Gasteiger partial charge in [-0.05, 0) is 29.8 Å². The topological polar surface area (TPSA) is 12.4 Å². The van der Waals surface area contributed by atoms with E-state index in [0.29, 0.717) is 5.02 Å². The smallest absolute Gasteiger partial charge is 0.0816 e. The Morgan fingerprint density at radius 2 is 1.56 bits per heavy atom. The van der Waals surface area contributed by atoms with Crippen LogP contribution in [0.15, 0.2) is 53.5 Å². The third-order valence-electron chi connectivity index (χ3n) is 2.08. The van der Waals surface area contributed by atoms with E-state index in [2.05, 4.69) is 4.99 Å². The van der Waals surface area contributed by atoms with Crippen LogP contribution in [0.3, 0.4) is 0 Å². The molecule has 0 aliphatic heterocycles. The Bertz CT molecular complexity index is 504. The van der Waals surface area contributed by atoms with Gasteiger partial charge < -0.3 is 0 Å². The van der Waals surface area contributed by atoms with Crippen molar-refractivity contribution < 1.29 is 0 Å². The fourth-order valence-electron chi connectivity index (χ4n) is 1.25. The number of hydrogen-bond donors (Lipinski definition) is 0. The fraction of sp³-hybridized carbons (Fsp3) is 0. The van der Waals surface area contributed by atoms with Crippen LogP contribution in [0.2, 0.25) is 10.0 Å². The van der Waals surface area contributed by atoms with Crippen molar-refractivity contribution in [1.82, 2.24) is 0 Å². The SMILES string of the molecule is Clc1ccc(C=Nc2ccccc2Cl)cc1. The quantitative estimate of drug-likeness (QED) is 0.682. The van der Waals surface area contributed by atoms with E-state index in [0.717, 1.165) is 16.3 Å². The Morgan fingerprint density at radius 3 is 2.25 bits per heavy atom. The highest BCUT2D eigenvalue weighted by Gasteiger charge is 1.94. The molecule has 0 spiro atoms. The Morgan fingerprint density at radius 1 is 0.875 bits per heavy atom. The minimum absolute atomic E-state index is 0.646. The minimum atomic E-state index is 0.646. The van der Waals surface area contributed by atoms with Gasteiger partial charge >= 0.3 is 0 Å². The molecule has 0 atom stereocenters. The van der Waals surface area contributed by atoms with Crippen molar-refractivity contribution in [2.24, 2.45) is 4.99 Å². The van der Waals surface area contributed by atoms with Crippen molar-refractivity contribution in [1.29, 1.82) is 0 Å². The Hall–Kier alpha value is -1.31.